The van der Waals surface area contributed by atoms with Gasteiger partial charge in [0.2, 0.25) is 11.7 Å². The van der Waals surface area contributed by atoms with Gasteiger partial charge in [0.1, 0.15) is 11.9 Å². The number of morpholine rings is 1. The average Bonchev–Trinajstić information content (AvgIpc) is 2.38. The van der Waals surface area contributed by atoms with Gasteiger partial charge in [-0.25, -0.2) is 4.98 Å². The zero-order valence-corrected chi connectivity index (χ0v) is 9.98. The number of pyridine rings is 1. The van der Waals surface area contributed by atoms with Gasteiger partial charge in [0.15, 0.2) is 0 Å². The number of hydrogen-bond donors (Lipinski definition) is 2. The molecule has 1 aliphatic rings. The number of nitrogens with two attached hydrogens (primary N) is 2. The van der Waals surface area contributed by atoms with Crippen LogP contribution in [0.1, 0.15) is 0 Å². The molecule has 0 spiro atoms. The summed E-state index contributed by atoms with van der Waals surface area (Å²) in [5, 5.41) is 11.0. The number of nitrogens with zero attached hydrogens (tertiary/aromatic N) is 3. The fraction of sp³-hybridized carbons (Fsp3) is 0.400. The summed E-state index contributed by atoms with van der Waals surface area (Å²) in [7, 11) is 0. The zero-order chi connectivity index (χ0) is 14.0. The molecule has 0 aliphatic carbocycles. The Morgan fingerprint density at radius 1 is 1.58 bits per heavy atom. The molecule has 1 unspecified atom stereocenters. The van der Waals surface area contributed by atoms with Gasteiger partial charge in [-0.3, -0.25) is 14.9 Å². The molecule has 4 N–H and O–H groups in total. The Morgan fingerprint density at radius 3 is 2.95 bits per heavy atom. The SMILES string of the molecule is NC(=O)C1COCCN1c1nc(N)ccc1[N+](=O)[O-]. The van der Waals surface area contributed by atoms with Gasteiger partial charge < -0.3 is 21.1 Å². The molecule has 1 amide bonds. The highest BCUT2D eigenvalue weighted by molar-refractivity contribution is 5.84. The predicted molar refractivity (Wildman–Crippen MR) is 66.5 cm³/mol. The van der Waals surface area contributed by atoms with E-state index >= 15 is 0 Å². The summed E-state index contributed by atoms with van der Waals surface area (Å²) in [6, 6.07) is 1.80. The molecule has 2 rings (SSSR count). The summed E-state index contributed by atoms with van der Waals surface area (Å²) in [6.45, 7) is 0.686. The Hall–Kier alpha value is -2.42. The van der Waals surface area contributed by atoms with Crippen LogP contribution in [0.3, 0.4) is 0 Å². The highest BCUT2D eigenvalue weighted by atomic mass is 16.6. The second kappa shape index (κ2) is 5.06. The van der Waals surface area contributed by atoms with Gasteiger partial charge in [0.25, 0.3) is 0 Å². The van der Waals surface area contributed by atoms with Crippen LogP contribution in [0.5, 0.6) is 0 Å². The van der Waals surface area contributed by atoms with Crippen LogP contribution in [0, 0.1) is 10.1 Å². The van der Waals surface area contributed by atoms with Crippen LogP contribution in [-0.4, -0.2) is 41.6 Å². The fourth-order valence-electron chi connectivity index (χ4n) is 1.90. The summed E-state index contributed by atoms with van der Waals surface area (Å²) in [6.07, 6.45) is 0. The molecular formula is C10H13N5O4. The van der Waals surface area contributed by atoms with Crippen molar-refractivity contribution in [2.75, 3.05) is 30.4 Å². The Balaban J connectivity index is 2.46. The number of carbonyl (C=O) groups excluding carboxylic acids is 1. The third-order valence-electron chi connectivity index (χ3n) is 2.80. The molecule has 102 valence electrons. The number of hydrogen-bond acceptors (Lipinski definition) is 7. The van der Waals surface area contributed by atoms with Gasteiger partial charge in [0.05, 0.1) is 18.1 Å². The van der Waals surface area contributed by atoms with Gasteiger partial charge in [-0.15, -0.1) is 0 Å². The quantitative estimate of drug-likeness (QED) is 0.543. The molecule has 0 bridgehead atoms. The first-order valence-electron chi connectivity index (χ1n) is 5.55. The third-order valence-corrected chi connectivity index (χ3v) is 2.80. The van der Waals surface area contributed by atoms with Gasteiger partial charge in [-0.2, -0.15) is 0 Å². The van der Waals surface area contributed by atoms with E-state index in [0.29, 0.717) is 6.61 Å². The minimum Gasteiger partial charge on any atom is -0.384 e. The lowest BCUT2D eigenvalue weighted by Crippen LogP contribution is -2.53. The molecule has 0 radical (unpaired) electrons. The first kappa shape index (κ1) is 13.0. The molecule has 1 atom stereocenters. The number of nitro groups is 1. The van der Waals surface area contributed by atoms with Gasteiger partial charge >= 0.3 is 5.69 Å². The topological polar surface area (TPSA) is 138 Å². The van der Waals surface area contributed by atoms with Crippen LogP contribution in [0.15, 0.2) is 12.1 Å². The van der Waals surface area contributed by atoms with Crippen LogP contribution in [-0.2, 0) is 9.53 Å². The largest absolute Gasteiger partial charge is 0.384 e. The summed E-state index contributed by atoms with van der Waals surface area (Å²) >= 11 is 0. The first-order valence-corrected chi connectivity index (χ1v) is 5.55. The zero-order valence-electron chi connectivity index (χ0n) is 9.98. The number of nitrogen functional groups attached to an aromatic ring is 1. The van der Waals surface area contributed by atoms with E-state index in [1.165, 1.54) is 17.0 Å². The number of rotatable bonds is 3. The number of amides is 1. The Morgan fingerprint density at radius 2 is 2.32 bits per heavy atom. The Labute approximate surface area is 108 Å². The molecule has 2 heterocycles. The summed E-state index contributed by atoms with van der Waals surface area (Å²) < 4.78 is 5.15. The average molecular weight is 267 g/mol. The van der Waals surface area contributed by atoms with Gasteiger partial charge in [0, 0.05) is 12.6 Å². The van der Waals surface area contributed by atoms with Crippen molar-refractivity contribution in [3.63, 3.8) is 0 Å². The molecule has 1 aromatic rings. The second-order valence-electron chi connectivity index (χ2n) is 4.02. The van der Waals surface area contributed by atoms with Crippen LogP contribution in [0.4, 0.5) is 17.3 Å². The monoisotopic (exact) mass is 267 g/mol. The van der Waals surface area contributed by atoms with Crippen LogP contribution in [0.2, 0.25) is 0 Å². The number of aromatic nitrogens is 1. The van der Waals surface area contributed by atoms with E-state index < -0.39 is 16.9 Å². The van der Waals surface area contributed by atoms with E-state index in [2.05, 4.69) is 4.98 Å². The lowest BCUT2D eigenvalue weighted by Gasteiger charge is -2.33. The minimum atomic E-state index is -0.790. The van der Waals surface area contributed by atoms with Crippen molar-refractivity contribution in [3.8, 4) is 0 Å². The molecule has 19 heavy (non-hydrogen) atoms. The summed E-state index contributed by atoms with van der Waals surface area (Å²) in [4.78, 5) is 27.2. The van der Waals surface area contributed by atoms with Crippen molar-refractivity contribution in [1.29, 1.82) is 0 Å². The van der Waals surface area contributed by atoms with E-state index in [1.54, 1.807) is 0 Å². The molecular weight excluding hydrogens is 254 g/mol. The van der Waals surface area contributed by atoms with Gasteiger partial charge in [-0.05, 0) is 6.07 Å². The predicted octanol–water partition coefficient (Wildman–Crippen LogP) is -0.737. The minimum absolute atomic E-state index is 0.0390. The lowest BCUT2D eigenvalue weighted by atomic mass is 10.2. The number of anilines is 2. The van der Waals surface area contributed by atoms with E-state index in [1.807, 2.05) is 0 Å². The van der Waals surface area contributed by atoms with Crippen LogP contribution in [0.25, 0.3) is 0 Å². The molecule has 1 aliphatic heterocycles. The number of ether oxygens (including phenoxy) is 1. The van der Waals surface area contributed by atoms with E-state index in [-0.39, 0.29) is 30.5 Å². The smallest absolute Gasteiger partial charge is 0.311 e. The maximum Gasteiger partial charge on any atom is 0.311 e. The van der Waals surface area contributed by atoms with Crippen molar-refractivity contribution in [1.82, 2.24) is 4.98 Å². The van der Waals surface area contributed by atoms with Crippen LogP contribution >= 0.6 is 0 Å². The van der Waals surface area contributed by atoms with Crippen molar-refractivity contribution in [2.24, 2.45) is 5.73 Å². The van der Waals surface area contributed by atoms with Crippen LogP contribution < -0.4 is 16.4 Å². The van der Waals surface area contributed by atoms with Crippen molar-refractivity contribution in [3.05, 3.63) is 22.2 Å². The molecule has 1 fully saturated rings. The molecule has 9 heteroatoms. The maximum atomic E-state index is 11.4. The molecule has 0 saturated carbocycles. The van der Waals surface area contributed by atoms with Crippen molar-refractivity contribution in [2.45, 2.75) is 6.04 Å². The number of primary amides is 1. The lowest BCUT2D eigenvalue weighted by molar-refractivity contribution is -0.384. The molecule has 1 saturated heterocycles. The number of carbonyl (C=O) groups is 1. The van der Waals surface area contributed by atoms with E-state index in [9.17, 15) is 14.9 Å². The molecule has 0 aromatic carbocycles. The highest BCUT2D eigenvalue weighted by Gasteiger charge is 2.33. The molecule has 9 nitrogen and oxygen atoms in total. The standard InChI is InChI=1S/C10H13N5O4/c11-8-2-1-6(15(17)18)10(13-8)14-3-4-19-5-7(14)9(12)16/h1-2,7H,3-5H2,(H2,11,13)(H2,12,16). The fourth-order valence-corrected chi connectivity index (χ4v) is 1.90. The highest BCUT2D eigenvalue weighted by Crippen LogP contribution is 2.29. The maximum absolute atomic E-state index is 11.4. The second-order valence-corrected chi connectivity index (χ2v) is 4.02. The van der Waals surface area contributed by atoms with Crippen molar-refractivity contribution >= 4 is 23.2 Å². The first-order chi connectivity index (χ1) is 9.00. The van der Waals surface area contributed by atoms with Gasteiger partial charge in [-0.1, -0.05) is 0 Å². The summed E-state index contributed by atoms with van der Waals surface area (Å²) in [5.74, 6) is -0.453. The third kappa shape index (κ3) is 2.55. The Bertz CT molecular complexity index is 521. The normalized spacial score (nSPS) is 19.2. The Kier molecular flexibility index (Phi) is 3.47. The summed E-state index contributed by atoms with van der Waals surface area (Å²) in [5.41, 5.74) is 10.6. The van der Waals surface area contributed by atoms with E-state index in [4.69, 9.17) is 16.2 Å². The molecule has 1 aromatic heterocycles. The van der Waals surface area contributed by atoms with E-state index in [0.717, 1.165) is 0 Å². The van der Waals surface area contributed by atoms with Crippen molar-refractivity contribution < 1.29 is 14.5 Å².